The first-order chi connectivity index (χ1) is 15.9. The lowest BCUT2D eigenvalue weighted by molar-refractivity contribution is -0.118. The number of carbonyl (C=O) groups is 1. The number of nitrogens with one attached hydrogen (secondary N) is 1. The van der Waals surface area contributed by atoms with Crippen LogP contribution in [0.5, 0.6) is 0 Å². The second-order valence-electron chi connectivity index (χ2n) is 8.06. The van der Waals surface area contributed by atoms with Gasteiger partial charge in [0, 0.05) is 41.5 Å². The van der Waals surface area contributed by atoms with Crippen LogP contribution in [0.2, 0.25) is 0 Å². The number of halogens is 1. The first-order valence-electron chi connectivity index (χ1n) is 10.7. The Morgan fingerprint density at radius 1 is 1.33 bits per heavy atom. The Labute approximate surface area is 191 Å². The van der Waals surface area contributed by atoms with E-state index in [1.54, 1.807) is 35.3 Å². The topological polar surface area (TPSA) is 106 Å². The third kappa shape index (κ3) is 4.56. The SMILES string of the molecule is Cc1c(-c2cnc(N)c(C3C=C(F)C(C(=O)N[C@H](CO)c4ccccc4)=CC3)c2)cnn1C. The molecule has 0 aliphatic heterocycles. The number of aryl methyl sites for hydroxylation is 1. The quantitative estimate of drug-likeness (QED) is 0.536. The van der Waals surface area contributed by atoms with E-state index in [0.29, 0.717) is 17.8 Å². The van der Waals surface area contributed by atoms with Crippen LogP contribution in [0.1, 0.15) is 35.2 Å². The largest absolute Gasteiger partial charge is 0.394 e. The lowest BCUT2D eigenvalue weighted by Gasteiger charge is -2.22. The zero-order valence-electron chi connectivity index (χ0n) is 18.5. The number of aromatic nitrogens is 3. The van der Waals surface area contributed by atoms with E-state index in [2.05, 4.69) is 15.4 Å². The molecule has 8 heteroatoms. The molecule has 33 heavy (non-hydrogen) atoms. The van der Waals surface area contributed by atoms with Crippen LogP contribution in [-0.4, -0.2) is 32.4 Å². The molecule has 1 amide bonds. The van der Waals surface area contributed by atoms with Gasteiger partial charge in [-0.2, -0.15) is 5.10 Å². The van der Waals surface area contributed by atoms with Gasteiger partial charge in [0.2, 0.25) is 0 Å². The summed E-state index contributed by atoms with van der Waals surface area (Å²) < 4.78 is 16.8. The predicted molar refractivity (Wildman–Crippen MR) is 125 cm³/mol. The maximum atomic E-state index is 15.0. The normalized spacial score (nSPS) is 16.7. The highest BCUT2D eigenvalue weighted by atomic mass is 19.1. The molecule has 0 saturated heterocycles. The lowest BCUT2D eigenvalue weighted by atomic mass is 9.88. The van der Waals surface area contributed by atoms with Crippen molar-refractivity contribution in [3.8, 4) is 11.1 Å². The number of rotatable bonds is 6. The molecule has 1 unspecified atom stereocenters. The number of pyridine rings is 1. The summed E-state index contributed by atoms with van der Waals surface area (Å²) in [5.74, 6) is -1.24. The molecule has 0 bridgehead atoms. The molecule has 0 saturated carbocycles. The second kappa shape index (κ2) is 9.38. The minimum Gasteiger partial charge on any atom is -0.394 e. The molecule has 0 spiro atoms. The summed E-state index contributed by atoms with van der Waals surface area (Å²) in [5.41, 5.74) is 10.3. The molecule has 3 aromatic rings. The minimum atomic E-state index is -0.629. The highest BCUT2D eigenvalue weighted by Crippen LogP contribution is 2.36. The number of anilines is 1. The number of nitrogens with zero attached hydrogens (tertiary/aromatic N) is 3. The van der Waals surface area contributed by atoms with E-state index < -0.39 is 17.8 Å². The van der Waals surface area contributed by atoms with E-state index in [9.17, 15) is 9.90 Å². The molecular formula is C25H26FN5O2. The minimum absolute atomic E-state index is 0.0496. The number of carbonyl (C=O) groups excluding carboxylic acids is 1. The van der Waals surface area contributed by atoms with E-state index in [-0.39, 0.29) is 18.1 Å². The predicted octanol–water partition coefficient (Wildman–Crippen LogP) is 3.49. The smallest absolute Gasteiger partial charge is 0.254 e. The summed E-state index contributed by atoms with van der Waals surface area (Å²) in [6.07, 6.45) is 6.80. The number of benzene rings is 1. The van der Waals surface area contributed by atoms with E-state index in [0.717, 1.165) is 22.4 Å². The fourth-order valence-electron chi connectivity index (χ4n) is 3.97. The Kier molecular flexibility index (Phi) is 6.37. The summed E-state index contributed by atoms with van der Waals surface area (Å²) in [6.45, 7) is 1.67. The average molecular weight is 448 g/mol. The van der Waals surface area contributed by atoms with Crippen LogP contribution in [0.3, 0.4) is 0 Å². The molecule has 170 valence electrons. The molecule has 2 aromatic heterocycles. The molecule has 2 heterocycles. The number of aliphatic hydroxyl groups is 1. The van der Waals surface area contributed by atoms with Crippen molar-refractivity contribution in [3.05, 3.63) is 89.2 Å². The van der Waals surface area contributed by atoms with Crippen molar-refractivity contribution in [2.75, 3.05) is 12.3 Å². The van der Waals surface area contributed by atoms with E-state index >= 15 is 4.39 Å². The van der Waals surface area contributed by atoms with Crippen molar-refractivity contribution in [2.24, 2.45) is 7.05 Å². The zero-order chi connectivity index (χ0) is 23.5. The van der Waals surface area contributed by atoms with Gasteiger partial charge in [-0.15, -0.1) is 0 Å². The summed E-state index contributed by atoms with van der Waals surface area (Å²) in [6, 6.07) is 10.3. The molecule has 1 aliphatic rings. The van der Waals surface area contributed by atoms with Crippen molar-refractivity contribution >= 4 is 11.7 Å². The van der Waals surface area contributed by atoms with Crippen LogP contribution in [0.15, 0.2) is 72.3 Å². The second-order valence-corrected chi connectivity index (χ2v) is 8.06. The average Bonchev–Trinajstić information content (AvgIpc) is 3.16. The summed E-state index contributed by atoms with van der Waals surface area (Å²) >= 11 is 0. The number of nitrogen functional groups attached to an aromatic ring is 1. The standard InChI is InChI=1S/C25H26FN5O2/c1-15-21(13-29-31(15)2)18-10-20(24(27)28-12-18)17-8-9-19(22(26)11-17)25(33)30-23(14-32)16-6-4-3-5-7-16/h3-7,9-13,17,23,32H,8,14H2,1-2H3,(H2,27,28)(H,30,33)/t17?,23-/m1/s1. The van der Waals surface area contributed by atoms with E-state index in [1.165, 1.54) is 6.08 Å². The van der Waals surface area contributed by atoms with Gasteiger partial charge in [-0.05, 0) is 31.1 Å². The first kappa shape index (κ1) is 22.4. The van der Waals surface area contributed by atoms with E-state index in [4.69, 9.17) is 5.73 Å². The maximum Gasteiger partial charge on any atom is 0.254 e. The van der Waals surface area contributed by atoms with Crippen LogP contribution in [0, 0.1) is 6.92 Å². The molecule has 0 fully saturated rings. The molecule has 1 aliphatic carbocycles. The fraction of sp³-hybridized carbons (Fsp3) is 0.240. The number of hydrogen-bond donors (Lipinski definition) is 3. The summed E-state index contributed by atoms with van der Waals surface area (Å²) in [7, 11) is 1.86. The number of amides is 1. The van der Waals surface area contributed by atoms with Gasteiger partial charge in [0.05, 0.1) is 24.4 Å². The van der Waals surface area contributed by atoms with Gasteiger partial charge in [0.25, 0.3) is 5.91 Å². The van der Waals surface area contributed by atoms with Gasteiger partial charge >= 0.3 is 0 Å². The zero-order valence-corrected chi connectivity index (χ0v) is 18.5. The van der Waals surface area contributed by atoms with Gasteiger partial charge in [0.1, 0.15) is 11.6 Å². The molecule has 0 radical (unpaired) electrons. The van der Waals surface area contributed by atoms with Gasteiger partial charge in [-0.25, -0.2) is 9.37 Å². The van der Waals surface area contributed by atoms with Crippen molar-refractivity contribution in [1.29, 1.82) is 0 Å². The van der Waals surface area contributed by atoms with Crippen LogP contribution in [0.4, 0.5) is 10.2 Å². The number of hydrogen-bond acceptors (Lipinski definition) is 5. The van der Waals surface area contributed by atoms with Gasteiger partial charge in [0.15, 0.2) is 0 Å². The Balaban J connectivity index is 1.54. The van der Waals surface area contributed by atoms with Gasteiger partial charge in [-0.3, -0.25) is 9.48 Å². The fourth-order valence-corrected chi connectivity index (χ4v) is 3.97. The Bertz CT molecular complexity index is 1230. The Hall–Kier alpha value is -3.78. The molecule has 1 aromatic carbocycles. The maximum absolute atomic E-state index is 15.0. The number of nitrogens with two attached hydrogens (primary N) is 1. The Morgan fingerprint density at radius 3 is 2.73 bits per heavy atom. The monoisotopic (exact) mass is 447 g/mol. The van der Waals surface area contributed by atoms with Gasteiger partial charge in [-0.1, -0.05) is 36.4 Å². The van der Waals surface area contributed by atoms with Crippen molar-refractivity contribution in [2.45, 2.75) is 25.3 Å². The third-order valence-corrected chi connectivity index (χ3v) is 6.01. The number of aliphatic hydroxyl groups excluding tert-OH is 1. The van der Waals surface area contributed by atoms with Crippen molar-refractivity contribution < 1.29 is 14.3 Å². The van der Waals surface area contributed by atoms with Crippen LogP contribution < -0.4 is 11.1 Å². The molecule has 7 nitrogen and oxygen atoms in total. The molecule has 4 N–H and O–H groups in total. The number of allylic oxidation sites excluding steroid dienone is 2. The summed E-state index contributed by atoms with van der Waals surface area (Å²) in [5, 5.41) is 16.7. The third-order valence-electron chi connectivity index (χ3n) is 6.01. The van der Waals surface area contributed by atoms with Crippen LogP contribution >= 0.6 is 0 Å². The lowest BCUT2D eigenvalue weighted by Crippen LogP contribution is -2.32. The first-order valence-corrected chi connectivity index (χ1v) is 10.7. The van der Waals surface area contributed by atoms with Crippen molar-refractivity contribution in [3.63, 3.8) is 0 Å². The molecule has 2 atom stereocenters. The molecule has 4 rings (SSSR count). The Morgan fingerprint density at radius 2 is 2.09 bits per heavy atom. The van der Waals surface area contributed by atoms with Crippen molar-refractivity contribution in [1.82, 2.24) is 20.1 Å². The van der Waals surface area contributed by atoms with Gasteiger partial charge < -0.3 is 16.2 Å². The highest BCUT2D eigenvalue weighted by molar-refractivity contribution is 5.97. The van der Waals surface area contributed by atoms with Crippen LogP contribution in [0.25, 0.3) is 11.1 Å². The van der Waals surface area contributed by atoms with Crippen LogP contribution in [-0.2, 0) is 11.8 Å². The summed E-state index contributed by atoms with van der Waals surface area (Å²) in [4.78, 5) is 17.0. The highest BCUT2D eigenvalue weighted by Gasteiger charge is 2.26. The van der Waals surface area contributed by atoms with E-state index in [1.807, 2.05) is 38.2 Å². The molecular weight excluding hydrogens is 421 g/mol.